The molecule has 0 atom stereocenters. The molecule has 0 spiro atoms. The van der Waals surface area contributed by atoms with Crippen molar-refractivity contribution in [2.75, 3.05) is 12.4 Å². The number of aromatic nitrogens is 2. The third kappa shape index (κ3) is 4.69. The number of alkyl halides is 3. The fourth-order valence-electron chi connectivity index (χ4n) is 2.81. The minimum absolute atomic E-state index is 0.0582. The van der Waals surface area contributed by atoms with Crippen LogP contribution in [0.25, 0.3) is 0 Å². The first-order valence-corrected chi connectivity index (χ1v) is 10.9. The summed E-state index contributed by atoms with van der Waals surface area (Å²) in [6.07, 6.45) is -4.83. The molecule has 32 heavy (non-hydrogen) atoms. The molecule has 0 aliphatic rings. The van der Waals surface area contributed by atoms with Gasteiger partial charge in [-0.25, -0.2) is 8.42 Å². The molecule has 0 fully saturated rings. The third-order valence-corrected chi connectivity index (χ3v) is 6.64. The maximum atomic E-state index is 13.1. The van der Waals surface area contributed by atoms with Gasteiger partial charge in [0.05, 0.1) is 16.9 Å². The SMILES string of the molecule is COc1cc(NC(=O)c2nn(C)c(C(F)(F)F)c2Cl)cc(S(=O)(=O)c2ccc(Cl)cc2)c1. The summed E-state index contributed by atoms with van der Waals surface area (Å²) in [6.45, 7) is 0. The Balaban J connectivity index is 2.00. The summed E-state index contributed by atoms with van der Waals surface area (Å²) in [7, 11) is -1.75. The molecule has 170 valence electrons. The summed E-state index contributed by atoms with van der Waals surface area (Å²) in [4.78, 5) is 12.3. The second-order valence-electron chi connectivity index (χ2n) is 6.44. The van der Waals surface area contributed by atoms with Crippen LogP contribution in [0.2, 0.25) is 10.0 Å². The van der Waals surface area contributed by atoms with Crippen LogP contribution >= 0.6 is 23.2 Å². The molecule has 0 saturated heterocycles. The number of halogens is 5. The Hall–Kier alpha value is -2.76. The summed E-state index contributed by atoms with van der Waals surface area (Å²) >= 11 is 11.5. The van der Waals surface area contributed by atoms with Crippen LogP contribution in [0.15, 0.2) is 52.3 Å². The molecule has 1 heterocycles. The average molecular weight is 508 g/mol. The monoisotopic (exact) mass is 507 g/mol. The van der Waals surface area contributed by atoms with E-state index < -0.39 is 38.3 Å². The van der Waals surface area contributed by atoms with Gasteiger partial charge in [0.15, 0.2) is 11.4 Å². The molecule has 1 amide bonds. The number of amides is 1. The van der Waals surface area contributed by atoms with Gasteiger partial charge in [0, 0.05) is 23.8 Å². The number of carbonyl (C=O) groups is 1. The van der Waals surface area contributed by atoms with Crippen molar-refractivity contribution in [3.8, 4) is 5.75 Å². The molecule has 3 aromatic rings. The van der Waals surface area contributed by atoms with Gasteiger partial charge in [-0.1, -0.05) is 23.2 Å². The summed E-state index contributed by atoms with van der Waals surface area (Å²) in [6, 6.07) is 9.07. The van der Waals surface area contributed by atoms with Crippen LogP contribution in [0.4, 0.5) is 18.9 Å². The molecular formula is C19H14Cl2F3N3O4S. The number of rotatable bonds is 5. The molecule has 0 saturated carbocycles. The lowest BCUT2D eigenvalue weighted by Crippen LogP contribution is -2.14. The summed E-state index contributed by atoms with van der Waals surface area (Å²) in [5, 5.41) is 5.30. The molecule has 1 aromatic heterocycles. The number of hydrogen-bond acceptors (Lipinski definition) is 5. The van der Waals surface area contributed by atoms with Crippen molar-refractivity contribution in [2.24, 2.45) is 7.05 Å². The van der Waals surface area contributed by atoms with Gasteiger partial charge < -0.3 is 10.1 Å². The average Bonchev–Trinajstić information content (AvgIpc) is 3.02. The smallest absolute Gasteiger partial charge is 0.434 e. The highest BCUT2D eigenvalue weighted by Crippen LogP contribution is 2.36. The van der Waals surface area contributed by atoms with Crippen molar-refractivity contribution in [3.05, 3.63) is 63.9 Å². The minimum atomic E-state index is -4.83. The fraction of sp³-hybridized carbons (Fsp3) is 0.158. The molecular weight excluding hydrogens is 494 g/mol. The maximum absolute atomic E-state index is 13.1. The zero-order chi connectivity index (χ0) is 23.8. The second kappa shape index (κ2) is 8.64. The first kappa shape index (κ1) is 23.9. The van der Waals surface area contributed by atoms with E-state index in [1.807, 2.05) is 0 Å². The molecule has 3 rings (SSSR count). The largest absolute Gasteiger partial charge is 0.497 e. The Bertz CT molecular complexity index is 1290. The zero-order valence-electron chi connectivity index (χ0n) is 16.4. The third-order valence-electron chi connectivity index (χ3n) is 4.28. The summed E-state index contributed by atoms with van der Waals surface area (Å²) in [5.41, 5.74) is -2.02. The number of anilines is 1. The van der Waals surface area contributed by atoms with E-state index in [4.69, 9.17) is 27.9 Å². The first-order chi connectivity index (χ1) is 14.8. The molecule has 7 nitrogen and oxygen atoms in total. The van der Waals surface area contributed by atoms with E-state index in [-0.39, 0.29) is 21.2 Å². The summed E-state index contributed by atoms with van der Waals surface area (Å²) in [5.74, 6) is -0.984. The van der Waals surface area contributed by atoms with E-state index in [9.17, 15) is 26.4 Å². The quantitative estimate of drug-likeness (QED) is 0.533. The van der Waals surface area contributed by atoms with Crippen molar-refractivity contribution in [1.29, 1.82) is 0 Å². The maximum Gasteiger partial charge on any atom is 0.434 e. The highest BCUT2D eigenvalue weighted by molar-refractivity contribution is 7.91. The molecule has 2 aromatic carbocycles. The molecule has 13 heteroatoms. The number of nitrogens with zero attached hydrogens (tertiary/aromatic N) is 2. The first-order valence-electron chi connectivity index (χ1n) is 8.65. The topological polar surface area (TPSA) is 90.3 Å². The van der Waals surface area contributed by atoms with Gasteiger partial charge in [0.25, 0.3) is 5.91 Å². The number of hydrogen-bond donors (Lipinski definition) is 1. The van der Waals surface area contributed by atoms with E-state index in [0.717, 1.165) is 13.1 Å². The highest BCUT2D eigenvalue weighted by atomic mass is 35.5. The lowest BCUT2D eigenvalue weighted by Gasteiger charge is -2.11. The summed E-state index contributed by atoms with van der Waals surface area (Å²) < 4.78 is 70.8. The van der Waals surface area contributed by atoms with Crippen molar-refractivity contribution in [3.63, 3.8) is 0 Å². The number of benzene rings is 2. The molecule has 0 aliphatic carbocycles. The van der Waals surface area contributed by atoms with Crippen molar-refractivity contribution < 1.29 is 31.1 Å². The second-order valence-corrected chi connectivity index (χ2v) is 9.21. The Morgan fingerprint density at radius 2 is 1.72 bits per heavy atom. The van der Waals surface area contributed by atoms with E-state index in [1.54, 1.807) is 0 Å². The van der Waals surface area contributed by atoms with Crippen LogP contribution < -0.4 is 10.1 Å². The van der Waals surface area contributed by atoms with E-state index in [2.05, 4.69) is 10.4 Å². The normalized spacial score (nSPS) is 12.0. The van der Waals surface area contributed by atoms with Crippen LogP contribution in [-0.2, 0) is 23.1 Å². The Morgan fingerprint density at radius 3 is 2.25 bits per heavy atom. The lowest BCUT2D eigenvalue weighted by atomic mass is 10.2. The van der Waals surface area contributed by atoms with Gasteiger partial charge in [-0.15, -0.1) is 0 Å². The van der Waals surface area contributed by atoms with Gasteiger partial charge >= 0.3 is 6.18 Å². The Labute approximate surface area is 190 Å². The molecule has 0 aliphatic heterocycles. The van der Waals surface area contributed by atoms with Crippen LogP contribution in [0, 0.1) is 0 Å². The number of methoxy groups -OCH3 is 1. The number of sulfone groups is 1. The lowest BCUT2D eigenvalue weighted by molar-refractivity contribution is -0.143. The minimum Gasteiger partial charge on any atom is -0.497 e. The predicted octanol–water partition coefficient (Wildman–Crippen LogP) is 4.84. The van der Waals surface area contributed by atoms with E-state index in [1.165, 1.54) is 43.5 Å². The standard InChI is InChI=1S/C19H14Cl2F3N3O4S/c1-27-17(19(22,23)24)15(21)16(26-27)18(28)25-11-7-12(31-2)9-14(8-11)32(29,30)13-5-3-10(20)4-6-13/h3-9H,1-2H3,(H,25,28). The van der Waals surface area contributed by atoms with Crippen LogP contribution in [0.3, 0.4) is 0 Å². The van der Waals surface area contributed by atoms with E-state index >= 15 is 0 Å². The molecule has 0 radical (unpaired) electrons. The molecule has 0 unspecified atom stereocenters. The molecule has 0 bridgehead atoms. The zero-order valence-corrected chi connectivity index (χ0v) is 18.7. The van der Waals surface area contributed by atoms with Crippen molar-refractivity contribution in [1.82, 2.24) is 9.78 Å². The fourth-order valence-corrected chi connectivity index (χ4v) is 4.61. The number of aryl methyl sites for hydroxylation is 1. The number of nitrogens with one attached hydrogen (secondary N) is 1. The Morgan fingerprint density at radius 1 is 1.09 bits per heavy atom. The van der Waals surface area contributed by atoms with Crippen LogP contribution in [0.5, 0.6) is 5.75 Å². The van der Waals surface area contributed by atoms with Gasteiger partial charge in [-0.2, -0.15) is 18.3 Å². The van der Waals surface area contributed by atoms with Crippen LogP contribution in [0.1, 0.15) is 16.2 Å². The van der Waals surface area contributed by atoms with Crippen molar-refractivity contribution in [2.45, 2.75) is 16.0 Å². The van der Waals surface area contributed by atoms with Gasteiger partial charge in [-0.05, 0) is 36.4 Å². The molecule has 1 N–H and O–H groups in total. The van der Waals surface area contributed by atoms with Crippen LogP contribution in [-0.4, -0.2) is 31.2 Å². The Kier molecular flexibility index (Phi) is 6.45. The van der Waals surface area contributed by atoms with Gasteiger partial charge in [-0.3, -0.25) is 9.48 Å². The van der Waals surface area contributed by atoms with E-state index in [0.29, 0.717) is 9.70 Å². The van der Waals surface area contributed by atoms with Gasteiger partial charge in [0.2, 0.25) is 9.84 Å². The number of ether oxygens (including phenoxy) is 1. The predicted molar refractivity (Wildman–Crippen MR) is 111 cm³/mol. The number of carbonyl (C=O) groups excluding carboxylic acids is 1. The van der Waals surface area contributed by atoms with Crippen molar-refractivity contribution >= 4 is 44.6 Å². The highest BCUT2D eigenvalue weighted by Gasteiger charge is 2.40. The van der Waals surface area contributed by atoms with Gasteiger partial charge in [0.1, 0.15) is 10.8 Å².